The van der Waals surface area contributed by atoms with Gasteiger partial charge in [0.15, 0.2) is 0 Å². The molecule has 0 saturated carbocycles. The number of amides is 1. The Balaban J connectivity index is 1.37. The molecule has 0 bridgehead atoms. The normalized spacial score (nSPS) is 14.9. The van der Waals surface area contributed by atoms with Gasteiger partial charge in [0.1, 0.15) is 5.52 Å². The summed E-state index contributed by atoms with van der Waals surface area (Å²) in [7, 11) is 0. The third-order valence-electron chi connectivity index (χ3n) is 6.52. The molecule has 0 atom stereocenters. The SMILES string of the molecule is CC(C)N1CCC(n2cnc3cnc4ccc(C#CCNC(=O)c5cccnc5)cc4c32)CC1. The summed E-state index contributed by atoms with van der Waals surface area (Å²) in [6, 6.07) is 10.5. The van der Waals surface area contributed by atoms with Crippen LogP contribution in [-0.2, 0) is 0 Å². The van der Waals surface area contributed by atoms with Gasteiger partial charge in [-0.2, -0.15) is 0 Å². The van der Waals surface area contributed by atoms with E-state index in [1.807, 2.05) is 24.7 Å². The van der Waals surface area contributed by atoms with Crippen LogP contribution >= 0.6 is 0 Å². The Morgan fingerprint density at radius 2 is 2.00 bits per heavy atom. The van der Waals surface area contributed by atoms with Crippen molar-refractivity contribution in [2.24, 2.45) is 0 Å². The lowest BCUT2D eigenvalue weighted by molar-refractivity contribution is 0.0958. The van der Waals surface area contributed by atoms with Gasteiger partial charge in [0.2, 0.25) is 0 Å². The Hall–Kier alpha value is -3.76. The van der Waals surface area contributed by atoms with Crippen LogP contribution in [0.15, 0.2) is 55.2 Å². The molecule has 7 nitrogen and oxygen atoms in total. The molecule has 0 aliphatic carbocycles. The first kappa shape index (κ1) is 22.1. The van der Waals surface area contributed by atoms with Gasteiger partial charge in [-0.3, -0.25) is 14.8 Å². The molecular formula is C27H28N6O. The maximum atomic E-state index is 12.2. The summed E-state index contributed by atoms with van der Waals surface area (Å²) in [6.45, 7) is 7.00. The van der Waals surface area contributed by atoms with Gasteiger partial charge in [0.05, 0.1) is 35.7 Å². The number of nitrogens with one attached hydrogen (secondary N) is 1. The predicted molar refractivity (Wildman–Crippen MR) is 133 cm³/mol. The lowest BCUT2D eigenvalue weighted by Crippen LogP contribution is -2.38. The first-order valence-electron chi connectivity index (χ1n) is 11.8. The molecule has 34 heavy (non-hydrogen) atoms. The van der Waals surface area contributed by atoms with E-state index in [1.54, 1.807) is 24.5 Å². The van der Waals surface area contributed by atoms with Crippen molar-refractivity contribution in [3.05, 3.63) is 66.4 Å². The van der Waals surface area contributed by atoms with Crippen molar-refractivity contribution in [2.75, 3.05) is 19.6 Å². The molecule has 1 aliphatic heterocycles. The molecule has 5 rings (SSSR count). The number of rotatable bonds is 4. The molecular weight excluding hydrogens is 424 g/mol. The molecule has 0 unspecified atom stereocenters. The summed E-state index contributed by atoms with van der Waals surface area (Å²) in [5.74, 6) is 6.04. The number of pyridine rings is 2. The van der Waals surface area contributed by atoms with Gasteiger partial charge in [-0.15, -0.1) is 0 Å². The average molecular weight is 453 g/mol. The van der Waals surface area contributed by atoms with Crippen molar-refractivity contribution in [3.8, 4) is 11.8 Å². The highest BCUT2D eigenvalue weighted by atomic mass is 16.1. The standard InChI is InChI=1S/C27H28N6O/c1-19(2)32-13-9-22(10-14-32)33-18-31-25-17-30-24-8-7-20(15-23(24)26(25)33)5-3-12-29-27(34)21-6-4-11-28-16-21/h4,6-8,11,15-19,22H,9-10,12-14H2,1-2H3,(H,29,34). The van der Waals surface area contributed by atoms with Gasteiger partial charge >= 0.3 is 0 Å². The molecule has 4 heterocycles. The van der Waals surface area contributed by atoms with Crippen LogP contribution in [0, 0.1) is 11.8 Å². The third kappa shape index (κ3) is 4.50. The van der Waals surface area contributed by atoms with E-state index in [2.05, 4.69) is 61.5 Å². The minimum Gasteiger partial charge on any atom is -0.341 e. The summed E-state index contributed by atoms with van der Waals surface area (Å²) >= 11 is 0. The molecule has 1 aromatic carbocycles. The number of piperidine rings is 1. The Morgan fingerprint density at radius 1 is 1.15 bits per heavy atom. The number of carbonyl (C=O) groups is 1. The molecule has 7 heteroatoms. The lowest BCUT2D eigenvalue weighted by atomic mass is 10.0. The van der Waals surface area contributed by atoms with Crippen molar-refractivity contribution in [3.63, 3.8) is 0 Å². The Labute approximate surface area is 199 Å². The van der Waals surface area contributed by atoms with Gasteiger partial charge in [-0.05, 0) is 57.0 Å². The fraction of sp³-hybridized carbons (Fsp3) is 0.333. The van der Waals surface area contributed by atoms with Gasteiger partial charge in [-0.1, -0.05) is 11.8 Å². The van der Waals surface area contributed by atoms with E-state index in [4.69, 9.17) is 0 Å². The van der Waals surface area contributed by atoms with Gasteiger partial charge in [0.25, 0.3) is 5.91 Å². The smallest absolute Gasteiger partial charge is 0.253 e. The number of imidazole rings is 1. The first-order valence-corrected chi connectivity index (χ1v) is 11.8. The number of carbonyl (C=O) groups excluding carboxylic acids is 1. The topological polar surface area (TPSA) is 75.9 Å². The first-order chi connectivity index (χ1) is 16.6. The second-order valence-corrected chi connectivity index (χ2v) is 8.96. The van der Waals surface area contributed by atoms with Crippen molar-refractivity contribution in [1.29, 1.82) is 0 Å². The molecule has 1 amide bonds. The van der Waals surface area contributed by atoms with Crippen LogP contribution in [0.4, 0.5) is 0 Å². The molecule has 1 saturated heterocycles. The van der Waals surface area contributed by atoms with Crippen molar-refractivity contribution < 1.29 is 4.79 Å². The van der Waals surface area contributed by atoms with Crippen LogP contribution in [-0.4, -0.2) is 56.0 Å². The number of benzene rings is 1. The third-order valence-corrected chi connectivity index (χ3v) is 6.52. The summed E-state index contributed by atoms with van der Waals surface area (Å²) in [5, 5.41) is 3.87. The highest BCUT2D eigenvalue weighted by Crippen LogP contribution is 2.31. The van der Waals surface area contributed by atoms with E-state index >= 15 is 0 Å². The second kappa shape index (κ2) is 9.62. The largest absolute Gasteiger partial charge is 0.341 e. The van der Waals surface area contributed by atoms with E-state index < -0.39 is 0 Å². The van der Waals surface area contributed by atoms with Crippen molar-refractivity contribution in [1.82, 2.24) is 29.7 Å². The Morgan fingerprint density at radius 3 is 2.76 bits per heavy atom. The summed E-state index contributed by atoms with van der Waals surface area (Å²) in [4.78, 5) is 27.9. The number of likely N-dealkylation sites (tertiary alicyclic amines) is 1. The van der Waals surface area contributed by atoms with Crippen LogP contribution in [0.5, 0.6) is 0 Å². The fourth-order valence-corrected chi connectivity index (χ4v) is 4.62. The number of aromatic nitrogens is 4. The van der Waals surface area contributed by atoms with Crippen LogP contribution in [0.1, 0.15) is 48.7 Å². The van der Waals surface area contributed by atoms with Gasteiger partial charge < -0.3 is 14.8 Å². The lowest BCUT2D eigenvalue weighted by Gasteiger charge is -2.35. The summed E-state index contributed by atoms with van der Waals surface area (Å²) < 4.78 is 2.34. The molecule has 172 valence electrons. The van der Waals surface area contributed by atoms with Crippen LogP contribution in [0.3, 0.4) is 0 Å². The van der Waals surface area contributed by atoms with Crippen LogP contribution < -0.4 is 5.32 Å². The van der Waals surface area contributed by atoms with E-state index in [0.717, 1.165) is 53.4 Å². The van der Waals surface area contributed by atoms with E-state index in [9.17, 15) is 4.79 Å². The summed E-state index contributed by atoms with van der Waals surface area (Å²) in [5.41, 5.74) is 4.38. The predicted octanol–water partition coefficient (Wildman–Crippen LogP) is 3.81. The minimum atomic E-state index is -0.181. The molecule has 1 N–H and O–H groups in total. The Bertz CT molecular complexity index is 1370. The Kier molecular flexibility index (Phi) is 6.24. The van der Waals surface area contributed by atoms with Crippen molar-refractivity contribution in [2.45, 2.75) is 38.8 Å². The number of nitrogens with zero attached hydrogens (tertiary/aromatic N) is 5. The molecule has 4 aromatic rings. The quantitative estimate of drug-likeness (QED) is 0.477. The monoisotopic (exact) mass is 452 g/mol. The molecule has 1 fully saturated rings. The highest BCUT2D eigenvalue weighted by molar-refractivity contribution is 6.02. The zero-order chi connectivity index (χ0) is 23.5. The molecule has 1 aliphatic rings. The number of hydrogen-bond acceptors (Lipinski definition) is 5. The maximum Gasteiger partial charge on any atom is 0.253 e. The highest BCUT2D eigenvalue weighted by Gasteiger charge is 2.23. The molecule has 0 radical (unpaired) electrons. The van der Waals surface area contributed by atoms with Crippen LogP contribution in [0.25, 0.3) is 21.9 Å². The van der Waals surface area contributed by atoms with Crippen molar-refractivity contribution >= 4 is 27.8 Å². The van der Waals surface area contributed by atoms with Gasteiger partial charge in [-0.25, -0.2) is 4.98 Å². The molecule has 3 aromatic heterocycles. The molecule has 0 spiro atoms. The average Bonchev–Trinajstić information content (AvgIpc) is 3.32. The number of hydrogen-bond donors (Lipinski definition) is 1. The maximum absolute atomic E-state index is 12.2. The summed E-state index contributed by atoms with van der Waals surface area (Å²) in [6.07, 6.45) is 9.24. The van der Waals surface area contributed by atoms with Gasteiger partial charge in [0, 0.05) is 48.5 Å². The van der Waals surface area contributed by atoms with Crippen LogP contribution in [0.2, 0.25) is 0 Å². The zero-order valence-corrected chi connectivity index (χ0v) is 19.5. The fourth-order valence-electron chi connectivity index (χ4n) is 4.62. The van der Waals surface area contributed by atoms with E-state index in [0.29, 0.717) is 17.6 Å². The zero-order valence-electron chi connectivity index (χ0n) is 19.5. The number of fused-ring (bicyclic) bond motifs is 3. The van der Waals surface area contributed by atoms with E-state index in [-0.39, 0.29) is 12.5 Å². The minimum absolute atomic E-state index is 0.181. The van der Waals surface area contributed by atoms with E-state index in [1.165, 1.54) is 0 Å². The second-order valence-electron chi connectivity index (χ2n) is 8.96.